The molecule has 0 aliphatic rings. The zero-order chi connectivity index (χ0) is 19.5. The third-order valence-corrected chi connectivity index (χ3v) is 3.11. The Morgan fingerprint density at radius 2 is 1.76 bits per heavy atom. The summed E-state index contributed by atoms with van der Waals surface area (Å²) in [6.07, 6.45) is -9.15. The Labute approximate surface area is 139 Å². The van der Waals surface area contributed by atoms with Crippen molar-refractivity contribution in [3.05, 3.63) is 28.1 Å². The number of esters is 1. The molecule has 0 fully saturated rings. The molecule has 1 N–H and O–H groups in total. The average Bonchev–Trinajstić information content (AvgIpc) is 2.43. The zero-order valence-corrected chi connectivity index (χ0v) is 13.6. The molecule has 0 saturated carbocycles. The maximum Gasteiger partial charge on any atom is 0.434 e. The molecule has 25 heavy (non-hydrogen) atoms. The Morgan fingerprint density at radius 3 is 2.12 bits per heavy atom. The minimum Gasteiger partial charge on any atom is -0.478 e. The standard InChI is InChI=1S/C15H16F5NO4/c1-4-25-14(24)8-7(5-6(2)3)9(13(22)23)11(15(18,19)20)21-10(8)12(16)17/h6,12H,4-5H2,1-3H3,(H,22,23). The number of carbonyl (C=O) groups excluding carboxylic acids is 1. The predicted octanol–water partition coefficient (Wildman–Crippen LogP) is 4.11. The van der Waals surface area contributed by atoms with Crippen molar-refractivity contribution < 1.29 is 41.4 Å². The van der Waals surface area contributed by atoms with Gasteiger partial charge in [0.15, 0.2) is 5.69 Å². The molecule has 0 aliphatic carbocycles. The molecule has 0 saturated heterocycles. The molecule has 5 nitrogen and oxygen atoms in total. The van der Waals surface area contributed by atoms with Crippen LogP contribution in [-0.4, -0.2) is 28.6 Å². The molecule has 0 unspecified atom stereocenters. The smallest absolute Gasteiger partial charge is 0.434 e. The van der Waals surface area contributed by atoms with Crippen molar-refractivity contribution in [3.63, 3.8) is 0 Å². The third kappa shape index (κ3) is 4.64. The van der Waals surface area contributed by atoms with Crippen molar-refractivity contribution >= 4 is 11.9 Å². The maximum atomic E-state index is 13.3. The van der Waals surface area contributed by atoms with Crippen LogP contribution in [0.4, 0.5) is 22.0 Å². The van der Waals surface area contributed by atoms with Crippen LogP contribution < -0.4 is 0 Å². The highest BCUT2D eigenvalue weighted by Crippen LogP contribution is 2.37. The van der Waals surface area contributed by atoms with E-state index >= 15 is 0 Å². The number of ether oxygens (including phenoxy) is 1. The van der Waals surface area contributed by atoms with Gasteiger partial charge in [-0.3, -0.25) is 0 Å². The van der Waals surface area contributed by atoms with Gasteiger partial charge < -0.3 is 9.84 Å². The topological polar surface area (TPSA) is 76.5 Å². The fourth-order valence-electron chi connectivity index (χ4n) is 2.29. The van der Waals surface area contributed by atoms with Crippen molar-refractivity contribution in [1.29, 1.82) is 0 Å². The summed E-state index contributed by atoms with van der Waals surface area (Å²) in [6, 6.07) is 0. The number of pyridine rings is 1. The number of carbonyl (C=O) groups is 2. The molecule has 0 radical (unpaired) electrons. The van der Waals surface area contributed by atoms with Crippen molar-refractivity contribution in [2.45, 2.75) is 39.8 Å². The van der Waals surface area contributed by atoms with Gasteiger partial charge in [0.25, 0.3) is 6.43 Å². The molecule has 10 heteroatoms. The number of aromatic nitrogens is 1. The lowest BCUT2D eigenvalue weighted by atomic mass is 9.91. The van der Waals surface area contributed by atoms with E-state index in [1.54, 1.807) is 0 Å². The molecular formula is C15H16F5NO4. The number of aromatic carboxylic acids is 1. The molecule has 0 bridgehead atoms. The first-order valence-electron chi connectivity index (χ1n) is 7.24. The maximum absolute atomic E-state index is 13.3. The van der Waals surface area contributed by atoms with Crippen LogP contribution in [0.25, 0.3) is 0 Å². The molecule has 0 spiro atoms. The second-order valence-corrected chi connectivity index (χ2v) is 5.50. The number of rotatable bonds is 6. The van der Waals surface area contributed by atoms with Crippen molar-refractivity contribution in [3.8, 4) is 0 Å². The van der Waals surface area contributed by atoms with Gasteiger partial charge >= 0.3 is 18.1 Å². The molecule has 1 aromatic heterocycles. The summed E-state index contributed by atoms with van der Waals surface area (Å²) in [5.74, 6) is -3.76. The number of carboxylic acids is 1. The quantitative estimate of drug-likeness (QED) is 0.603. The number of hydrogen-bond donors (Lipinski definition) is 1. The second-order valence-electron chi connectivity index (χ2n) is 5.50. The lowest BCUT2D eigenvalue weighted by molar-refractivity contribution is -0.142. The van der Waals surface area contributed by atoms with Gasteiger partial charge in [-0.25, -0.2) is 23.4 Å². The Kier molecular flexibility index (Phi) is 6.44. The van der Waals surface area contributed by atoms with Crippen molar-refractivity contribution in [2.24, 2.45) is 5.92 Å². The second kappa shape index (κ2) is 7.75. The van der Waals surface area contributed by atoms with Crippen LogP contribution in [-0.2, 0) is 17.3 Å². The first-order valence-corrected chi connectivity index (χ1v) is 7.24. The Bertz CT molecular complexity index is 671. The van der Waals surface area contributed by atoms with Gasteiger partial charge in [-0.1, -0.05) is 13.8 Å². The van der Waals surface area contributed by atoms with E-state index < -0.39 is 58.5 Å². The Hall–Kier alpha value is -2.26. The van der Waals surface area contributed by atoms with Crippen LogP contribution in [0.3, 0.4) is 0 Å². The highest BCUT2D eigenvalue weighted by molar-refractivity contribution is 5.99. The van der Waals surface area contributed by atoms with Crippen LogP contribution in [0.2, 0.25) is 0 Å². The summed E-state index contributed by atoms with van der Waals surface area (Å²) in [4.78, 5) is 26.2. The van der Waals surface area contributed by atoms with Gasteiger partial charge in [-0.2, -0.15) is 13.2 Å². The Balaban J connectivity index is 3.99. The number of alkyl halides is 5. The summed E-state index contributed by atoms with van der Waals surface area (Å²) < 4.78 is 70.6. The molecular weight excluding hydrogens is 353 g/mol. The van der Waals surface area contributed by atoms with E-state index in [-0.39, 0.29) is 13.0 Å². The monoisotopic (exact) mass is 369 g/mol. The summed E-state index contributed by atoms with van der Waals surface area (Å²) >= 11 is 0. The van der Waals surface area contributed by atoms with Crippen LogP contribution in [0.5, 0.6) is 0 Å². The molecule has 140 valence electrons. The van der Waals surface area contributed by atoms with Crippen LogP contribution in [0, 0.1) is 5.92 Å². The first-order chi connectivity index (χ1) is 11.4. The number of hydrogen-bond acceptors (Lipinski definition) is 4. The summed E-state index contributed by atoms with van der Waals surface area (Å²) in [5, 5.41) is 9.21. The molecule has 0 atom stereocenters. The number of carboxylic acid groups (broad SMARTS) is 1. The van der Waals surface area contributed by atoms with Crippen molar-refractivity contribution in [1.82, 2.24) is 4.98 Å². The first kappa shape index (κ1) is 20.8. The largest absolute Gasteiger partial charge is 0.478 e. The molecule has 1 aromatic rings. The minimum absolute atomic E-state index is 0.230. The Morgan fingerprint density at radius 1 is 1.20 bits per heavy atom. The van der Waals surface area contributed by atoms with Gasteiger partial charge in [0.1, 0.15) is 5.69 Å². The van der Waals surface area contributed by atoms with Crippen LogP contribution >= 0.6 is 0 Å². The molecule has 1 rings (SSSR count). The predicted molar refractivity (Wildman–Crippen MR) is 75.7 cm³/mol. The highest BCUT2D eigenvalue weighted by Gasteiger charge is 2.42. The van der Waals surface area contributed by atoms with Gasteiger partial charge in [0.05, 0.1) is 17.7 Å². The summed E-state index contributed by atoms with van der Waals surface area (Å²) in [6.45, 7) is 4.22. The molecule has 0 aromatic carbocycles. The van der Waals surface area contributed by atoms with Crippen molar-refractivity contribution in [2.75, 3.05) is 6.61 Å². The van der Waals surface area contributed by atoms with Gasteiger partial charge in [0, 0.05) is 0 Å². The molecule has 1 heterocycles. The number of nitrogens with zero attached hydrogens (tertiary/aromatic N) is 1. The van der Waals surface area contributed by atoms with E-state index in [9.17, 15) is 36.6 Å². The minimum atomic E-state index is -5.28. The average molecular weight is 369 g/mol. The molecule has 0 aliphatic heterocycles. The van der Waals surface area contributed by atoms with Gasteiger partial charge in [0.2, 0.25) is 0 Å². The lowest BCUT2D eigenvalue weighted by Crippen LogP contribution is -2.25. The van der Waals surface area contributed by atoms with E-state index in [2.05, 4.69) is 9.72 Å². The lowest BCUT2D eigenvalue weighted by Gasteiger charge is -2.20. The zero-order valence-electron chi connectivity index (χ0n) is 13.6. The van der Waals surface area contributed by atoms with Crippen LogP contribution in [0.1, 0.15) is 64.9 Å². The van der Waals surface area contributed by atoms with E-state index in [1.165, 1.54) is 20.8 Å². The summed E-state index contributed by atoms with van der Waals surface area (Å²) in [5.41, 5.74) is -6.28. The van der Waals surface area contributed by atoms with E-state index in [0.717, 1.165) is 0 Å². The third-order valence-electron chi connectivity index (χ3n) is 3.11. The van der Waals surface area contributed by atoms with E-state index in [0.29, 0.717) is 0 Å². The number of halogens is 5. The fraction of sp³-hybridized carbons (Fsp3) is 0.533. The van der Waals surface area contributed by atoms with Gasteiger partial charge in [-0.05, 0) is 24.8 Å². The van der Waals surface area contributed by atoms with E-state index in [1.807, 2.05) is 0 Å². The molecule has 0 amide bonds. The fourth-order valence-corrected chi connectivity index (χ4v) is 2.29. The van der Waals surface area contributed by atoms with E-state index in [4.69, 9.17) is 0 Å². The normalized spacial score (nSPS) is 11.9. The highest BCUT2D eigenvalue weighted by atomic mass is 19.4. The van der Waals surface area contributed by atoms with Gasteiger partial charge in [-0.15, -0.1) is 0 Å². The van der Waals surface area contributed by atoms with Crippen LogP contribution in [0.15, 0.2) is 0 Å². The SMILES string of the molecule is CCOC(=O)c1c(C(F)F)nc(C(F)(F)F)c(C(=O)O)c1CC(C)C. The summed E-state index contributed by atoms with van der Waals surface area (Å²) in [7, 11) is 0.